The molecule has 1 amide bonds. The molecule has 0 atom stereocenters. The lowest BCUT2D eigenvalue weighted by molar-refractivity contribution is -0.137. The highest BCUT2D eigenvalue weighted by molar-refractivity contribution is 6.31. The standard InChI is InChI=1S/C16H13ClF3NO2/c1-23-14-7-6-12(17)8-13(14)15(22)21-9-10-2-4-11(5-3-10)16(18,19)20/h2-8H,9H2,1H3,(H,21,22). The topological polar surface area (TPSA) is 38.3 Å². The van der Waals surface area contributed by atoms with Gasteiger partial charge < -0.3 is 10.1 Å². The van der Waals surface area contributed by atoms with Gasteiger partial charge in [-0.25, -0.2) is 0 Å². The molecule has 0 aliphatic rings. The average Bonchev–Trinajstić information content (AvgIpc) is 2.52. The largest absolute Gasteiger partial charge is 0.496 e. The van der Waals surface area contributed by atoms with Crippen molar-refractivity contribution >= 4 is 17.5 Å². The highest BCUT2D eigenvalue weighted by Gasteiger charge is 2.29. The minimum Gasteiger partial charge on any atom is -0.496 e. The summed E-state index contributed by atoms with van der Waals surface area (Å²) in [5, 5.41) is 3.00. The Kier molecular flexibility index (Phi) is 5.15. The smallest absolute Gasteiger partial charge is 0.416 e. The van der Waals surface area contributed by atoms with Crippen LogP contribution in [0.1, 0.15) is 21.5 Å². The number of benzene rings is 2. The summed E-state index contributed by atoms with van der Waals surface area (Å²) >= 11 is 5.85. The zero-order chi connectivity index (χ0) is 17.0. The first-order valence-corrected chi connectivity index (χ1v) is 6.97. The Morgan fingerprint density at radius 1 is 1.17 bits per heavy atom. The average molecular weight is 344 g/mol. The Morgan fingerprint density at radius 2 is 1.83 bits per heavy atom. The second-order valence-electron chi connectivity index (χ2n) is 4.72. The van der Waals surface area contributed by atoms with Gasteiger partial charge in [0, 0.05) is 11.6 Å². The van der Waals surface area contributed by atoms with Crippen LogP contribution in [-0.4, -0.2) is 13.0 Å². The summed E-state index contributed by atoms with van der Waals surface area (Å²) in [6.45, 7) is 0.0899. The monoisotopic (exact) mass is 343 g/mol. The van der Waals surface area contributed by atoms with Crippen LogP contribution in [0.25, 0.3) is 0 Å². The fourth-order valence-electron chi connectivity index (χ4n) is 1.95. The van der Waals surface area contributed by atoms with E-state index in [0.29, 0.717) is 16.3 Å². The third-order valence-corrected chi connectivity index (χ3v) is 3.38. The summed E-state index contributed by atoms with van der Waals surface area (Å²) in [6, 6.07) is 9.20. The molecule has 3 nitrogen and oxygen atoms in total. The van der Waals surface area contributed by atoms with Gasteiger partial charge in [0.2, 0.25) is 0 Å². The molecule has 2 aromatic rings. The first-order valence-electron chi connectivity index (χ1n) is 6.59. The fourth-order valence-corrected chi connectivity index (χ4v) is 2.12. The Morgan fingerprint density at radius 3 is 2.39 bits per heavy atom. The van der Waals surface area contributed by atoms with Crippen LogP contribution in [-0.2, 0) is 12.7 Å². The van der Waals surface area contributed by atoms with E-state index in [0.717, 1.165) is 12.1 Å². The van der Waals surface area contributed by atoms with Crippen molar-refractivity contribution in [2.24, 2.45) is 0 Å². The molecule has 7 heteroatoms. The minimum absolute atomic E-state index is 0.0899. The Labute approximate surface area is 136 Å². The molecular formula is C16H13ClF3NO2. The van der Waals surface area contributed by atoms with Crippen LogP contribution in [0.4, 0.5) is 13.2 Å². The second kappa shape index (κ2) is 6.91. The summed E-state index contributed by atoms with van der Waals surface area (Å²) in [5.41, 5.74) is 0.0725. The lowest BCUT2D eigenvalue weighted by atomic mass is 10.1. The molecule has 0 aliphatic carbocycles. The predicted octanol–water partition coefficient (Wildman–Crippen LogP) is 4.30. The molecule has 0 spiro atoms. The highest BCUT2D eigenvalue weighted by atomic mass is 35.5. The van der Waals surface area contributed by atoms with Gasteiger partial charge in [-0.1, -0.05) is 23.7 Å². The number of hydrogen-bond acceptors (Lipinski definition) is 2. The number of carbonyl (C=O) groups excluding carboxylic acids is 1. The number of alkyl halides is 3. The summed E-state index contributed by atoms with van der Waals surface area (Å²) in [5.74, 6) is -0.0661. The zero-order valence-electron chi connectivity index (χ0n) is 12.1. The summed E-state index contributed by atoms with van der Waals surface area (Å²) < 4.78 is 42.5. The summed E-state index contributed by atoms with van der Waals surface area (Å²) in [6.07, 6.45) is -4.38. The SMILES string of the molecule is COc1ccc(Cl)cc1C(=O)NCc1ccc(C(F)(F)F)cc1. The van der Waals surface area contributed by atoms with E-state index in [1.165, 1.54) is 25.3 Å². The molecular weight excluding hydrogens is 331 g/mol. The third kappa shape index (κ3) is 4.39. The van der Waals surface area contributed by atoms with Gasteiger partial charge in [0.15, 0.2) is 0 Å². The molecule has 2 rings (SSSR count). The predicted molar refractivity (Wildman–Crippen MR) is 80.6 cm³/mol. The molecule has 0 bridgehead atoms. The zero-order valence-corrected chi connectivity index (χ0v) is 12.8. The Hall–Kier alpha value is -2.21. The van der Waals surface area contributed by atoms with Crippen molar-refractivity contribution in [1.82, 2.24) is 5.32 Å². The van der Waals surface area contributed by atoms with E-state index < -0.39 is 17.6 Å². The second-order valence-corrected chi connectivity index (χ2v) is 5.16. The van der Waals surface area contributed by atoms with E-state index in [4.69, 9.17) is 16.3 Å². The number of methoxy groups -OCH3 is 1. The number of rotatable bonds is 4. The van der Waals surface area contributed by atoms with Crippen LogP contribution >= 0.6 is 11.6 Å². The van der Waals surface area contributed by atoms with Gasteiger partial charge >= 0.3 is 6.18 Å². The van der Waals surface area contributed by atoms with Gasteiger partial charge in [-0.3, -0.25) is 4.79 Å². The normalized spacial score (nSPS) is 11.2. The van der Waals surface area contributed by atoms with Crippen LogP contribution in [0.3, 0.4) is 0 Å². The molecule has 23 heavy (non-hydrogen) atoms. The van der Waals surface area contributed by atoms with Crippen LogP contribution < -0.4 is 10.1 Å². The van der Waals surface area contributed by atoms with Crippen LogP contribution in [0, 0.1) is 0 Å². The Balaban J connectivity index is 2.06. The molecule has 0 radical (unpaired) electrons. The van der Waals surface area contributed by atoms with Gasteiger partial charge in [-0.05, 0) is 35.9 Å². The molecule has 0 unspecified atom stereocenters. The number of halogens is 4. The van der Waals surface area contributed by atoms with Crippen molar-refractivity contribution in [2.75, 3.05) is 7.11 Å². The molecule has 0 heterocycles. The van der Waals surface area contributed by atoms with E-state index in [-0.39, 0.29) is 12.1 Å². The van der Waals surface area contributed by atoms with Crippen molar-refractivity contribution in [3.05, 3.63) is 64.2 Å². The first-order chi connectivity index (χ1) is 10.8. The molecule has 122 valence electrons. The quantitative estimate of drug-likeness (QED) is 0.899. The van der Waals surface area contributed by atoms with Crippen molar-refractivity contribution in [3.8, 4) is 5.75 Å². The fraction of sp³-hybridized carbons (Fsp3) is 0.188. The molecule has 0 saturated carbocycles. The van der Waals surface area contributed by atoms with Crippen molar-refractivity contribution in [3.63, 3.8) is 0 Å². The van der Waals surface area contributed by atoms with Crippen molar-refractivity contribution in [1.29, 1.82) is 0 Å². The molecule has 0 aromatic heterocycles. The molecule has 0 saturated heterocycles. The van der Waals surface area contributed by atoms with E-state index in [9.17, 15) is 18.0 Å². The molecule has 1 N–H and O–H groups in total. The van der Waals surface area contributed by atoms with Crippen LogP contribution in [0.2, 0.25) is 5.02 Å². The maximum Gasteiger partial charge on any atom is 0.416 e. The summed E-state index contributed by atoms with van der Waals surface area (Å²) in [7, 11) is 1.43. The van der Waals surface area contributed by atoms with Gasteiger partial charge in [0.25, 0.3) is 5.91 Å². The van der Waals surface area contributed by atoms with E-state index >= 15 is 0 Å². The third-order valence-electron chi connectivity index (χ3n) is 3.14. The van der Waals surface area contributed by atoms with Gasteiger partial charge in [-0.15, -0.1) is 0 Å². The Bertz CT molecular complexity index is 699. The number of carbonyl (C=O) groups is 1. The maximum absolute atomic E-state index is 12.5. The summed E-state index contributed by atoms with van der Waals surface area (Å²) in [4.78, 5) is 12.1. The van der Waals surface area contributed by atoms with E-state index in [1.807, 2.05) is 0 Å². The maximum atomic E-state index is 12.5. The lowest BCUT2D eigenvalue weighted by Gasteiger charge is -2.11. The van der Waals surface area contributed by atoms with Crippen molar-refractivity contribution in [2.45, 2.75) is 12.7 Å². The first kappa shape index (κ1) is 17.1. The number of amides is 1. The van der Waals surface area contributed by atoms with Gasteiger partial charge in [0.05, 0.1) is 18.2 Å². The van der Waals surface area contributed by atoms with Gasteiger partial charge in [0.1, 0.15) is 5.75 Å². The molecule has 0 aliphatic heterocycles. The van der Waals surface area contributed by atoms with Crippen LogP contribution in [0.15, 0.2) is 42.5 Å². The number of hydrogen-bond donors (Lipinski definition) is 1. The van der Waals surface area contributed by atoms with E-state index in [1.54, 1.807) is 12.1 Å². The van der Waals surface area contributed by atoms with Gasteiger partial charge in [-0.2, -0.15) is 13.2 Å². The highest BCUT2D eigenvalue weighted by Crippen LogP contribution is 2.29. The van der Waals surface area contributed by atoms with Crippen molar-refractivity contribution < 1.29 is 22.7 Å². The molecule has 0 fully saturated rings. The number of nitrogens with one attached hydrogen (secondary N) is 1. The van der Waals surface area contributed by atoms with Crippen LogP contribution in [0.5, 0.6) is 5.75 Å². The molecule has 2 aromatic carbocycles. The lowest BCUT2D eigenvalue weighted by Crippen LogP contribution is -2.23. The minimum atomic E-state index is -4.38. The number of ether oxygens (including phenoxy) is 1. The van der Waals surface area contributed by atoms with E-state index in [2.05, 4.69) is 5.32 Å².